The van der Waals surface area contributed by atoms with Crippen LogP contribution in [0.15, 0.2) is 18.2 Å². The van der Waals surface area contributed by atoms with Gasteiger partial charge in [-0.2, -0.15) is 0 Å². The Kier molecular flexibility index (Phi) is 4.05. The Bertz CT molecular complexity index is 446. The first-order valence-corrected chi connectivity index (χ1v) is 6.21. The average molecular weight is 249 g/mol. The summed E-state index contributed by atoms with van der Waals surface area (Å²) >= 11 is 0. The number of anilines is 1. The maximum atomic E-state index is 11.3. The lowest BCUT2D eigenvalue weighted by Crippen LogP contribution is -2.40. The molecule has 0 saturated carbocycles. The minimum absolute atomic E-state index is 0.0915. The van der Waals surface area contributed by atoms with E-state index < -0.39 is 5.97 Å². The highest BCUT2D eigenvalue weighted by Gasteiger charge is 2.26. The van der Waals surface area contributed by atoms with E-state index >= 15 is 0 Å². The number of carbonyl (C=O) groups is 1. The molecule has 1 unspecified atom stereocenters. The Morgan fingerprint density at radius 1 is 1.33 bits per heavy atom. The fraction of sp³-hybridized carbons (Fsp3) is 0.533. The van der Waals surface area contributed by atoms with E-state index in [0.29, 0.717) is 5.56 Å². The second kappa shape index (κ2) is 5.01. The number of benzene rings is 1. The molecule has 1 aromatic carbocycles. The minimum atomic E-state index is -0.877. The van der Waals surface area contributed by atoms with Crippen molar-refractivity contribution in [1.29, 1.82) is 0 Å². The molecule has 0 amide bonds. The van der Waals surface area contributed by atoms with Gasteiger partial charge in [-0.15, -0.1) is 0 Å². The quantitative estimate of drug-likeness (QED) is 0.890. The number of nitrogens with zero attached hydrogens (tertiary/aromatic N) is 1. The van der Waals surface area contributed by atoms with Crippen LogP contribution in [-0.2, 0) is 0 Å². The first kappa shape index (κ1) is 14.6. The van der Waals surface area contributed by atoms with Crippen LogP contribution in [0.3, 0.4) is 0 Å². The molecule has 1 atom stereocenters. The summed E-state index contributed by atoms with van der Waals surface area (Å²) < 4.78 is 0. The number of aryl methyl sites for hydroxylation is 1. The highest BCUT2D eigenvalue weighted by atomic mass is 16.4. The number of aromatic carboxylic acids is 1. The van der Waals surface area contributed by atoms with Crippen LogP contribution in [0.4, 0.5) is 5.69 Å². The molecule has 1 N–H and O–H groups in total. The number of hydrogen-bond donors (Lipinski definition) is 1. The SMILES string of the molecule is Cc1ccc(C(=O)O)c(N(C)C(C)C(C)(C)C)c1. The normalized spacial score (nSPS) is 13.2. The summed E-state index contributed by atoms with van der Waals surface area (Å²) in [6, 6.07) is 5.70. The smallest absolute Gasteiger partial charge is 0.337 e. The van der Waals surface area contributed by atoms with Crippen LogP contribution < -0.4 is 4.90 Å². The predicted octanol–water partition coefficient (Wildman–Crippen LogP) is 3.56. The van der Waals surface area contributed by atoms with Gasteiger partial charge in [0.15, 0.2) is 0 Å². The molecule has 0 saturated heterocycles. The zero-order valence-corrected chi connectivity index (χ0v) is 12.1. The van der Waals surface area contributed by atoms with Crippen LogP contribution in [0.2, 0.25) is 0 Å². The highest BCUT2D eigenvalue weighted by molar-refractivity contribution is 5.94. The maximum absolute atomic E-state index is 11.3. The van der Waals surface area contributed by atoms with E-state index in [9.17, 15) is 9.90 Å². The Labute approximate surface area is 109 Å². The lowest BCUT2D eigenvalue weighted by Gasteiger charge is -2.37. The van der Waals surface area contributed by atoms with Crippen LogP contribution in [0, 0.1) is 12.3 Å². The van der Waals surface area contributed by atoms with E-state index in [0.717, 1.165) is 11.3 Å². The molecule has 0 spiro atoms. The van der Waals surface area contributed by atoms with Crippen molar-refractivity contribution >= 4 is 11.7 Å². The summed E-state index contributed by atoms with van der Waals surface area (Å²) in [5.74, 6) is -0.877. The molecular formula is C15H23NO2. The third-order valence-corrected chi connectivity index (χ3v) is 3.60. The molecule has 0 aliphatic rings. The van der Waals surface area contributed by atoms with Gasteiger partial charge in [-0.1, -0.05) is 26.8 Å². The van der Waals surface area contributed by atoms with Gasteiger partial charge in [-0.05, 0) is 37.0 Å². The number of carboxylic acid groups (broad SMARTS) is 1. The second-order valence-electron chi connectivity index (χ2n) is 5.98. The monoisotopic (exact) mass is 249 g/mol. The predicted molar refractivity (Wildman–Crippen MR) is 75.5 cm³/mol. The Morgan fingerprint density at radius 3 is 2.33 bits per heavy atom. The molecule has 0 aliphatic carbocycles. The first-order chi connectivity index (χ1) is 8.14. The van der Waals surface area contributed by atoms with Crippen molar-refractivity contribution in [3.8, 4) is 0 Å². The maximum Gasteiger partial charge on any atom is 0.337 e. The number of carboxylic acids is 1. The minimum Gasteiger partial charge on any atom is -0.478 e. The fourth-order valence-electron chi connectivity index (χ4n) is 1.90. The van der Waals surface area contributed by atoms with Crippen molar-refractivity contribution in [1.82, 2.24) is 0 Å². The van der Waals surface area contributed by atoms with Crippen LogP contribution in [-0.4, -0.2) is 24.2 Å². The van der Waals surface area contributed by atoms with Crippen LogP contribution >= 0.6 is 0 Å². The summed E-state index contributed by atoms with van der Waals surface area (Å²) in [5.41, 5.74) is 2.31. The summed E-state index contributed by atoms with van der Waals surface area (Å²) in [4.78, 5) is 13.3. The molecule has 0 radical (unpaired) electrons. The van der Waals surface area contributed by atoms with Crippen molar-refractivity contribution in [3.05, 3.63) is 29.3 Å². The first-order valence-electron chi connectivity index (χ1n) is 6.21. The van der Waals surface area contributed by atoms with Crippen molar-refractivity contribution in [2.24, 2.45) is 5.41 Å². The van der Waals surface area contributed by atoms with Gasteiger partial charge in [0.25, 0.3) is 0 Å². The van der Waals surface area contributed by atoms with Crippen LogP contribution in [0.1, 0.15) is 43.6 Å². The third-order valence-electron chi connectivity index (χ3n) is 3.60. The average Bonchev–Trinajstić information content (AvgIpc) is 2.25. The molecule has 18 heavy (non-hydrogen) atoms. The van der Waals surface area contributed by atoms with E-state index in [4.69, 9.17) is 0 Å². The molecule has 3 nitrogen and oxygen atoms in total. The molecule has 3 heteroatoms. The largest absolute Gasteiger partial charge is 0.478 e. The standard InChI is InChI=1S/C15H23NO2/c1-10-7-8-12(14(17)18)13(9-10)16(6)11(2)15(3,4)5/h7-9,11H,1-6H3,(H,17,18). The van der Waals surface area contributed by atoms with E-state index in [2.05, 4.69) is 32.6 Å². The van der Waals surface area contributed by atoms with E-state index in [1.165, 1.54) is 0 Å². The van der Waals surface area contributed by atoms with Crippen LogP contribution in [0.25, 0.3) is 0 Å². The van der Waals surface area contributed by atoms with Gasteiger partial charge in [-0.3, -0.25) is 0 Å². The Hall–Kier alpha value is -1.51. The van der Waals surface area contributed by atoms with Gasteiger partial charge < -0.3 is 10.0 Å². The van der Waals surface area contributed by atoms with E-state index in [1.807, 2.05) is 26.1 Å². The second-order valence-corrected chi connectivity index (χ2v) is 5.98. The lowest BCUT2D eigenvalue weighted by molar-refractivity contribution is 0.0697. The molecule has 0 aromatic heterocycles. The van der Waals surface area contributed by atoms with Crippen molar-refractivity contribution < 1.29 is 9.90 Å². The molecule has 1 aromatic rings. The fourth-order valence-corrected chi connectivity index (χ4v) is 1.90. The molecule has 1 rings (SSSR count). The lowest BCUT2D eigenvalue weighted by atomic mass is 9.86. The third kappa shape index (κ3) is 3.03. The summed E-state index contributed by atoms with van der Waals surface area (Å²) in [5, 5.41) is 9.26. The molecule has 0 aliphatic heterocycles. The van der Waals surface area contributed by atoms with Crippen molar-refractivity contribution in [2.75, 3.05) is 11.9 Å². The van der Waals surface area contributed by atoms with E-state index in [-0.39, 0.29) is 11.5 Å². The topological polar surface area (TPSA) is 40.5 Å². The zero-order chi connectivity index (χ0) is 14.1. The molecule has 0 bridgehead atoms. The van der Waals surface area contributed by atoms with Gasteiger partial charge in [0.2, 0.25) is 0 Å². The van der Waals surface area contributed by atoms with Gasteiger partial charge in [-0.25, -0.2) is 4.79 Å². The summed E-state index contributed by atoms with van der Waals surface area (Å²) in [6.45, 7) is 10.6. The molecule has 0 fully saturated rings. The van der Waals surface area contributed by atoms with Crippen molar-refractivity contribution in [2.45, 2.75) is 40.7 Å². The highest BCUT2D eigenvalue weighted by Crippen LogP contribution is 2.30. The van der Waals surface area contributed by atoms with Gasteiger partial charge in [0.1, 0.15) is 0 Å². The Morgan fingerprint density at radius 2 is 1.89 bits per heavy atom. The Balaban J connectivity index is 3.23. The summed E-state index contributed by atoms with van der Waals surface area (Å²) in [7, 11) is 1.96. The van der Waals surface area contributed by atoms with Crippen LogP contribution in [0.5, 0.6) is 0 Å². The van der Waals surface area contributed by atoms with Gasteiger partial charge >= 0.3 is 5.97 Å². The van der Waals surface area contributed by atoms with E-state index in [1.54, 1.807) is 6.07 Å². The number of rotatable bonds is 3. The summed E-state index contributed by atoms with van der Waals surface area (Å²) in [6.07, 6.45) is 0. The molecule has 100 valence electrons. The molecule has 0 heterocycles. The van der Waals surface area contributed by atoms with Gasteiger partial charge in [0.05, 0.1) is 11.3 Å². The zero-order valence-electron chi connectivity index (χ0n) is 12.1. The van der Waals surface area contributed by atoms with Gasteiger partial charge in [0, 0.05) is 13.1 Å². The molecular weight excluding hydrogens is 226 g/mol. The number of hydrogen-bond acceptors (Lipinski definition) is 2. The van der Waals surface area contributed by atoms with Crippen molar-refractivity contribution in [3.63, 3.8) is 0 Å².